The zero-order valence-electron chi connectivity index (χ0n) is 6.07. The Balaban J connectivity index is 2.89. The first kappa shape index (κ1) is 9.42. The zero-order chi connectivity index (χ0) is 9.14. The summed E-state index contributed by atoms with van der Waals surface area (Å²) in [4.78, 5) is 10.5. The maximum atomic E-state index is 10.5. The number of carboxylic acid groups (broad SMARTS) is 1. The van der Waals surface area contributed by atoms with E-state index in [2.05, 4.69) is 12.6 Å². The molecule has 1 rings (SSSR count). The van der Waals surface area contributed by atoms with E-state index >= 15 is 0 Å². The molecule has 4 heteroatoms. The maximum Gasteiger partial charge on any atom is 0.320 e. The molecule has 0 aromatic heterocycles. The van der Waals surface area contributed by atoms with Gasteiger partial charge in [-0.25, -0.2) is 0 Å². The van der Waals surface area contributed by atoms with Gasteiger partial charge in [0.25, 0.3) is 0 Å². The SMILES string of the molecule is O=C(O)[C@@H](S)c1ccc(Cl)cc1. The van der Waals surface area contributed by atoms with Crippen molar-refractivity contribution in [3.63, 3.8) is 0 Å². The molecule has 0 amide bonds. The smallest absolute Gasteiger partial charge is 0.320 e. The summed E-state index contributed by atoms with van der Waals surface area (Å²) >= 11 is 9.53. The summed E-state index contributed by atoms with van der Waals surface area (Å²) < 4.78 is 0. The Morgan fingerprint density at radius 2 is 1.92 bits per heavy atom. The second-order valence-corrected chi connectivity index (χ2v) is 3.25. The van der Waals surface area contributed by atoms with Crippen LogP contribution in [-0.2, 0) is 4.79 Å². The van der Waals surface area contributed by atoms with Crippen molar-refractivity contribution < 1.29 is 9.90 Å². The molecule has 64 valence electrons. The Kier molecular flexibility index (Phi) is 3.00. The summed E-state index contributed by atoms with van der Waals surface area (Å²) in [5.41, 5.74) is 0.634. The lowest BCUT2D eigenvalue weighted by Gasteiger charge is -2.04. The number of aliphatic carboxylic acids is 1. The van der Waals surface area contributed by atoms with Gasteiger partial charge >= 0.3 is 5.97 Å². The van der Waals surface area contributed by atoms with Gasteiger partial charge in [-0.1, -0.05) is 23.7 Å². The van der Waals surface area contributed by atoms with Gasteiger partial charge in [-0.2, -0.15) is 12.6 Å². The standard InChI is InChI=1S/C8H7ClO2S/c9-6-3-1-5(2-4-6)7(12)8(10)11/h1-4,7,12H,(H,10,11)/t7-/m0/s1. The Hall–Kier alpha value is -0.670. The van der Waals surface area contributed by atoms with E-state index < -0.39 is 11.2 Å². The molecule has 0 fully saturated rings. The molecular weight excluding hydrogens is 196 g/mol. The minimum absolute atomic E-state index is 0.588. The minimum Gasteiger partial charge on any atom is -0.480 e. The fourth-order valence-electron chi connectivity index (χ4n) is 0.788. The molecule has 2 nitrogen and oxygen atoms in total. The highest BCUT2D eigenvalue weighted by molar-refractivity contribution is 7.81. The third kappa shape index (κ3) is 2.16. The molecule has 12 heavy (non-hydrogen) atoms. The van der Waals surface area contributed by atoms with E-state index in [1.165, 1.54) is 0 Å². The number of carbonyl (C=O) groups is 1. The monoisotopic (exact) mass is 202 g/mol. The third-order valence-electron chi connectivity index (χ3n) is 1.42. The second-order valence-electron chi connectivity index (χ2n) is 2.29. The van der Waals surface area contributed by atoms with Gasteiger partial charge in [-0.05, 0) is 17.7 Å². The van der Waals surface area contributed by atoms with E-state index in [4.69, 9.17) is 16.7 Å². The number of hydrogen-bond acceptors (Lipinski definition) is 2. The molecule has 0 heterocycles. The molecule has 0 aliphatic heterocycles. The first-order valence-electron chi connectivity index (χ1n) is 3.27. The van der Waals surface area contributed by atoms with Gasteiger partial charge in [0, 0.05) is 5.02 Å². The van der Waals surface area contributed by atoms with Crippen LogP contribution in [0, 0.1) is 0 Å². The van der Waals surface area contributed by atoms with E-state index in [0.717, 1.165) is 0 Å². The van der Waals surface area contributed by atoms with Crippen molar-refractivity contribution in [1.82, 2.24) is 0 Å². The fourth-order valence-corrected chi connectivity index (χ4v) is 1.09. The molecular formula is C8H7ClO2S. The van der Waals surface area contributed by atoms with Crippen molar-refractivity contribution in [2.24, 2.45) is 0 Å². The summed E-state index contributed by atoms with van der Waals surface area (Å²) in [5, 5.41) is 8.41. The molecule has 1 N–H and O–H groups in total. The average Bonchev–Trinajstić information content (AvgIpc) is 2.04. The average molecular weight is 203 g/mol. The van der Waals surface area contributed by atoms with Gasteiger partial charge in [0.15, 0.2) is 0 Å². The van der Waals surface area contributed by atoms with Crippen LogP contribution in [0.4, 0.5) is 0 Å². The van der Waals surface area contributed by atoms with Gasteiger partial charge < -0.3 is 5.11 Å². The quantitative estimate of drug-likeness (QED) is 0.723. The van der Waals surface area contributed by atoms with Crippen molar-refractivity contribution in [2.75, 3.05) is 0 Å². The van der Waals surface area contributed by atoms with Crippen LogP contribution in [-0.4, -0.2) is 11.1 Å². The fraction of sp³-hybridized carbons (Fsp3) is 0.125. The summed E-state index contributed by atoms with van der Waals surface area (Å²) in [6.07, 6.45) is 0. The maximum absolute atomic E-state index is 10.5. The number of benzene rings is 1. The molecule has 0 unspecified atom stereocenters. The molecule has 1 atom stereocenters. The Bertz CT molecular complexity index is 284. The Morgan fingerprint density at radius 3 is 2.33 bits per heavy atom. The largest absolute Gasteiger partial charge is 0.480 e. The summed E-state index contributed by atoms with van der Waals surface area (Å²) in [5.74, 6) is -0.958. The highest BCUT2D eigenvalue weighted by Crippen LogP contribution is 2.21. The summed E-state index contributed by atoms with van der Waals surface area (Å²) in [6.45, 7) is 0. The van der Waals surface area contributed by atoms with Crippen LogP contribution in [0.25, 0.3) is 0 Å². The zero-order valence-corrected chi connectivity index (χ0v) is 7.72. The van der Waals surface area contributed by atoms with Gasteiger partial charge in [-0.3, -0.25) is 4.79 Å². The predicted molar refractivity (Wildman–Crippen MR) is 50.8 cm³/mol. The van der Waals surface area contributed by atoms with Crippen LogP contribution in [0.2, 0.25) is 5.02 Å². The van der Waals surface area contributed by atoms with Crippen molar-refractivity contribution in [1.29, 1.82) is 0 Å². The number of halogens is 1. The number of thiol groups is 1. The highest BCUT2D eigenvalue weighted by atomic mass is 35.5. The number of hydrogen-bond donors (Lipinski definition) is 2. The van der Waals surface area contributed by atoms with E-state index in [1.54, 1.807) is 24.3 Å². The lowest BCUT2D eigenvalue weighted by molar-refractivity contribution is -0.136. The van der Waals surface area contributed by atoms with Crippen LogP contribution in [0.15, 0.2) is 24.3 Å². The highest BCUT2D eigenvalue weighted by Gasteiger charge is 2.13. The van der Waals surface area contributed by atoms with Gasteiger partial charge in [0.05, 0.1) is 0 Å². The van der Waals surface area contributed by atoms with Crippen LogP contribution < -0.4 is 0 Å². The first-order valence-corrected chi connectivity index (χ1v) is 4.17. The summed E-state index contributed by atoms with van der Waals surface area (Å²) in [7, 11) is 0. The van der Waals surface area contributed by atoms with E-state index in [9.17, 15) is 4.79 Å². The Morgan fingerprint density at radius 1 is 1.42 bits per heavy atom. The van der Waals surface area contributed by atoms with Crippen LogP contribution in [0.5, 0.6) is 0 Å². The molecule has 1 aromatic carbocycles. The van der Waals surface area contributed by atoms with Gasteiger partial charge in [-0.15, -0.1) is 0 Å². The molecule has 0 saturated carbocycles. The molecule has 1 aromatic rings. The molecule has 0 aliphatic carbocycles. The normalized spacial score (nSPS) is 12.5. The van der Waals surface area contributed by atoms with E-state index in [-0.39, 0.29) is 0 Å². The van der Waals surface area contributed by atoms with Crippen LogP contribution in [0.3, 0.4) is 0 Å². The number of rotatable bonds is 2. The molecule has 0 radical (unpaired) electrons. The third-order valence-corrected chi connectivity index (χ3v) is 2.19. The molecule has 0 saturated heterocycles. The molecule has 0 spiro atoms. The van der Waals surface area contributed by atoms with Gasteiger partial charge in [0.1, 0.15) is 5.25 Å². The molecule has 0 aliphatic rings. The van der Waals surface area contributed by atoms with E-state index in [0.29, 0.717) is 10.6 Å². The Labute approximate surface area is 80.6 Å². The van der Waals surface area contributed by atoms with E-state index in [1.807, 2.05) is 0 Å². The van der Waals surface area contributed by atoms with Crippen LogP contribution >= 0.6 is 24.2 Å². The number of carboxylic acids is 1. The van der Waals surface area contributed by atoms with Crippen LogP contribution in [0.1, 0.15) is 10.8 Å². The van der Waals surface area contributed by atoms with Crippen molar-refractivity contribution in [3.05, 3.63) is 34.9 Å². The lowest BCUT2D eigenvalue weighted by Crippen LogP contribution is -2.04. The van der Waals surface area contributed by atoms with Crippen molar-refractivity contribution in [2.45, 2.75) is 5.25 Å². The van der Waals surface area contributed by atoms with Crippen molar-refractivity contribution >= 4 is 30.2 Å². The van der Waals surface area contributed by atoms with Gasteiger partial charge in [0.2, 0.25) is 0 Å². The first-order chi connectivity index (χ1) is 5.61. The minimum atomic E-state index is -0.958. The predicted octanol–water partition coefficient (Wildman–Crippen LogP) is 2.40. The second kappa shape index (κ2) is 3.83. The lowest BCUT2D eigenvalue weighted by atomic mass is 10.1. The van der Waals surface area contributed by atoms with Crippen molar-refractivity contribution in [3.8, 4) is 0 Å². The topological polar surface area (TPSA) is 37.3 Å². The summed E-state index contributed by atoms with van der Waals surface area (Å²) in [6, 6.07) is 6.58. The molecule has 0 bridgehead atoms.